The maximum Gasteiger partial charge on any atom is 0.221 e. The third-order valence-electron chi connectivity index (χ3n) is 2.45. The van der Waals surface area contributed by atoms with E-state index in [1.165, 1.54) is 0 Å². The Hall–Kier alpha value is -0.843. The van der Waals surface area contributed by atoms with Crippen LogP contribution in [0, 0.1) is 22.7 Å². The fraction of sp³-hybridized carbons (Fsp3) is 0.778. The zero-order valence-corrected chi connectivity index (χ0v) is 9.88. The second-order valence-electron chi connectivity index (χ2n) is 4.52. The van der Waals surface area contributed by atoms with Crippen molar-refractivity contribution in [2.24, 2.45) is 0 Å². The van der Waals surface area contributed by atoms with Gasteiger partial charge in [0.1, 0.15) is 12.1 Å². The molecule has 0 rings (SSSR count). The molecule has 0 spiro atoms. The zero-order valence-electron chi connectivity index (χ0n) is 8.88. The molecule has 0 fully saturated rings. The van der Waals surface area contributed by atoms with Gasteiger partial charge in [-0.2, -0.15) is 10.5 Å². The molecule has 0 unspecified atom stereocenters. The Bertz CT molecular complexity index is 240. The van der Waals surface area contributed by atoms with Crippen molar-refractivity contribution in [3.63, 3.8) is 0 Å². The van der Waals surface area contributed by atoms with E-state index in [4.69, 9.17) is 14.9 Å². The van der Waals surface area contributed by atoms with Crippen LogP contribution in [0.15, 0.2) is 0 Å². The van der Waals surface area contributed by atoms with E-state index in [2.05, 4.69) is 20.8 Å². The Kier molecular flexibility index (Phi) is 3.66. The van der Waals surface area contributed by atoms with E-state index in [1.54, 1.807) is 0 Å². The maximum absolute atomic E-state index is 8.58. The Morgan fingerprint density at radius 3 is 1.77 bits per heavy atom. The van der Waals surface area contributed by atoms with Crippen LogP contribution in [0.25, 0.3) is 0 Å². The summed E-state index contributed by atoms with van der Waals surface area (Å²) in [5.74, 6) is 0. The van der Waals surface area contributed by atoms with Crippen LogP contribution < -0.4 is 0 Å². The number of nitriles is 2. The maximum atomic E-state index is 8.58. The minimum Gasteiger partial charge on any atom is -0.391 e. The van der Waals surface area contributed by atoms with Crippen LogP contribution in [-0.4, -0.2) is 14.4 Å². The molecule has 0 atom stereocenters. The van der Waals surface area contributed by atoms with Gasteiger partial charge in [0.25, 0.3) is 0 Å². The summed E-state index contributed by atoms with van der Waals surface area (Å²) >= 11 is 0. The summed E-state index contributed by atoms with van der Waals surface area (Å²) in [5, 5.41) is 17.2. The number of rotatable bonds is 2. The van der Waals surface area contributed by atoms with Crippen molar-refractivity contribution in [2.75, 3.05) is 0 Å². The van der Waals surface area contributed by atoms with Crippen molar-refractivity contribution in [3.8, 4) is 12.1 Å². The van der Waals surface area contributed by atoms with Crippen LogP contribution in [0.1, 0.15) is 20.8 Å². The molecule has 0 aliphatic carbocycles. The second-order valence-corrected chi connectivity index (χ2v) is 9.27. The average Bonchev–Trinajstić information content (AvgIpc) is 1.98. The van der Waals surface area contributed by atoms with Gasteiger partial charge in [-0.15, -0.1) is 0 Å². The van der Waals surface area contributed by atoms with E-state index >= 15 is 0 Å². The van der Waals surface area contributed by atoms with Crippen LogP contribution in [0.2, 0.25) is 18.1 Å². The Morgan fingerprint density at radius 2 is 1.54 bits per heavy atom. The summed E-state index contributed by atoms with van der Waals surface area (Å²) in [6.45, 7) is 10.3. The molecule has 0 amide bonds. The summed E-state index contributed by atoms with van der Waals surface area (Å²) in [7, 11) is -1.95. The number of hydrogen-bond acceptors (Lipinski definition) is 3. The van der Waals surface area contributed by atoms with Gasteiger partial charge in [-0.25, -0.2) is 0 Å². The predicted octanol–water partition coefficient (Wildman–Crippen LogP) is 2.42. The van der Waals surface area contributed by atoms with Gasteiger partial charge in [0, 0.05) is 0 Å². The van der Waals surface area contributed by atoms with Crippen LogP contribution in [0.3, 0.4) is 0 Å². The van der Waals surface area contributed by atoms with Crippen molar-refractivity contribution >= 4 is 8.32 Å². The molecular formula is C9H16N2OSi. The largest absolute Gasteiger partial charge is 0.391 e. The van der Waals surface area contributed by atoms with Gasteiger partial charge in [-0.3, -0.25) is 0 Å². The molecule has 0 aromatic rings. The monoisotopic (exact) mass is 196 g/mol. The van der Waals surface area contributed by atoms with E-state index in [1.807, 2.05) is 25.2 Å². The van der Waals surface area contributed by atoms with Crippen molar-refractivity contribution in [1.29, 1.82) is 10.5 Å². The van der Waals surface area contributed by atoms with Gasteiger partial charge in [-0.05, 0) is 18.1 Å². The van der Waals surface area contributed by atoms with Crippen molar-refractivity contribution in [3.05, 3.63) is 0 Å². The molecule has 0 aliphatic heterocycles. The molecule has 0 saturated carbocycles. The molecule has 0 radical (unpaired) electrons. The first-order chi connectivity index (χ1) is 5.74. The lowest BCUT2D eigenvalue weighted by Gasteiger charge is -2.36. The Balaban J connectivity index is 4.55. The minimum absolute atomic E-state index is 0.0406. The lowest BCUT2D eigenvalue weighted by atomic mass is 10.2. The zero-order chi connectivity index (χ0) is 10.7. The van der Waals surface area contributed by atoms with E-state index in [0.29, 0.717) is 0 Å². The normalized spacial score (nSPS) is 12.3. The van der Waals surface area contributed by atoms with Crippen molar-refractivity contribution < 1.29 is 4.43 Å². The fourth-order valence-corrected chi connectivity index (χ4v) is 1.60. The molecule has 13 heavy (non-hydrogen) atoms. The standard InChI is InChI=1S/C9H16N2OSi/c1-9(2,3)13(4,5)12-8(6-10)7-11/h8H,1-5H3. The molecule has 0 aliphatic rings. The van der Waals surface area contributed by atoms with Crippen molar-refractivity contribution in [1.82, 2.24) is 0 Å². The molecule has 0 aromatic carbocycles. The lowest BCUT2D eigenvalue weighted by Crippen LogP contribution is -2.43. The summed E-state index contributed by atoms with van der Waals surface area (Å²) < 4.78 is 5.52. The van der Waals surface area contributed by atoms with Gasteiger partial charge in [-0.1, -0.05) is 20.8 Å². The summed E-state index contributed by atoms with van der Waals surface area (Å²) in [6, 6.07) is 3.66. The molecule has 4 heteroatoms. The van der Waals surface area contributed by atoms with Crippen LogP contribution >= 0.6 is 0 Å². The van der Waals surface area contributed by atoms with Crippen LogP contribution in [-0.2, 0) is 4.43 Å². The lowest BCUT2D eigenvalue weighted by molar-refractivity contribution is 0.279. The molecule has 0 heterocycles. The molecule has 0 aromatic heterocycles. The van der Waals surface area contributed by atoms with E-state index in [-0.39, 0.29) is 5.04 Å². The van der Waals surface area contributed by atoms with Crippen LogP contribution in [0.4, 0.5) is 0 Å². The topological polar surface area (TPSA) is 56.8 Å². The highest BCUT2D eigenvalue weighted by molar-refractivity contribution is 6.74. The average molecular weight is 196 g/mol. The van der Waals surface area contributed by atoms with E-state index in [9.17, 15) is 0 Å². The predicted molar refractivity (Wildman–Crippen MR) is 53.3 cm³/mol. The van der Waals surface area contributed by atoms with Crippen LogP contribution in [0.5, 0.6) is 0 Å². The van der Waals surface area contributed by atoms with Gasteiger partial charge in [0.15, 0.2) is 8.32 Å². The molecule has 0 bridgehead atoms. The molecule has 0 saturated heterocycles. The van der Waals surface area contributed by atoms with Gasteiger partial charge in [0.05, 0.1) is 0 Å². The van der Waals surface area contributed by atoms with Crippen molar-refractivity contribution in [2.45, 2.75) is 45.0 Å². The summed E-state index contributed by atoms with van der Waals surface area (Å²) in [4.78, 5) is 0. The smallest absolute Gasteiger partial charge is 0.221 e. The van der Waals surface area contributed by atoms with E-state index < -0.39 is 14.4 Å². The first-order valence-electron chi connectivity index (χ1n) is 4.21. The number of nitrogens with zero attached hydrogens (tertiary/aromatic N) is 2. The molecule has 72 valence electrons. The highest BCUT2D eigenvalue weighted by Gasteiger charge is 2.39. The quantitative estimate of drug-likeness (QED) is 0.637. The molecule has 3 nitrogen and oxygen atoms in total. The molecule has 0 N–H and O–H groups in total. The van der Waals surface area contributed by atoms with E-state index in [0.717, 1.165) is 0 Å². The third-order valence-corrected chi connectivity index (χ3v) is 6.89. The first kappa shape index (κ1) is 12.2. The summed E-state index contributed by atoms with van der Waals surface area (Å²) in [6.07, 6.45) is -0.916. The third kappa shape index (κ3) is 3.18. The summed E-state index contributed by atoms with van der Waals surface area (Å²) in [5.41, 5.74) is 0. The highest BCUT2D eigenvalue weighted by Crippen LogP contribution is 2.37. The minimum atomic E-state index is -1.95. The van der Waals surface area contributed by atoms with Gasteiger partial charge in [0.2, 0.25) is 6.10 Å². The Morgan fingerprint density at radius 1 is 1.15 bits per heavy atom. The Labute approximate surface area is 81.1 Å². The first-order valence-corrected chi connectivity index (χ1v) is 7.12. The van der Waals surface area contributed by atoms with Gasteiger partial charge >= 0.3 is 0 Å². The second kappa shape index (κ2) is 3.91. The van der Waals surface area contributed by atoms with Gasteiger partial charge < -0.3 is 4.43 Å². The molecular weight excluding hydrogens is 180 g/mol. The number of hydrogen-bond donors (Lipinski definition) is 0. The highest BCUT2D eigenvalue weighted by atomic mass is 28.4. The SMILES string of the molecule is CC(C)(C)[Si](C)(C)OC(C#N)C#N. The fourth-order valence-electron chi connectivity index (χ4n) is 0.553.